The Morgan fingerprint density at radius 1 is 0.816 bits per heavy atom. The third kappa shape index (κ3) is 11.3. The highest BCUT2D eigenvalue weighted by molar-refractivity contribution is 5.89. The van der Waals surface area contributed by atoms with Gasteiger partial charge in [0.2, 0.25) is 11.8 Å². The summed E-state index contributed by atoms with van der Waals surface area (Å²) in [5, 5.41) is 6.19. The number of ether oxygens (including phenoxy) is 1. The van der Waals surface area contributed by atoms with Crippen molar-refractivity contribution >= 4 is 17.6 Å². The van der Waals surface area contributed by atoms with Gasteiger partial charge >= 0.3 is 0 Å². The summed E-state index contributed by atoms with van der Waals surface area (Å²) in [4.78, 5) is 49.4. The van der Waals surface area contributed by atoms with Crippen LogP contribution in [0.1, 0.15) is 40.8 Å². The zero-order valence-corrected chi connectivity index (χ0v) is 27.8. The Bertz CT molecular complexity index is 1730. The van der Waals surface area contributed by atoms with Crippen LogP contribution in [-0.4, -0.2) is 58.1 Å². The number of hydrogen-bond acceptors (Lipinski definition) is 6. The SMILES string of the molecule is CC(CNC(=O)CN(Cc1ccc(OCc2ccccc2)cc1)C(=O)[C@H](Cc1c[nH]cn1)NCC(=O)Cc1ccccc1)c1ccccc1. The molecule has 0 spiro atoms. The third-order valence-electron chi connectivity index (χ3n) is 8.22. The van der Waals surface area contributed by atoms with Gasteiger partial charge in [-0.1, -0.05) is 110 Å². The Morgan fingerprint density at radius 3 is 2.12 bits per heavy atom. The van der Waals surface area contributed by atoms with Crippen molar-refractivity contribution in [1.29, 1.82) is 0 Å². The van der Waals surface area contributed by atoms with Gasteiger partial charge in [-0.2, -0.15) is 0 Å². The number of amides is 2. The van der Waals surface area contributed by atoms with Gasteiger partial charge in [0.1, 0.15) is 12.4 Å². The molecular weight excluding hydrogens is 614 g/mol. The van der Waals surface area contributed by atoms with Crippen LogP contribution in [0.4, 0.5) is 0 Å². The minimum absolute atomic E-state index is 0.00218. The summed E-state index contributed by atoms with van der Waals surface area (Å²) in [5.74, 6) is 0.190. The Hall–Kier alpha value is -5.54. The molecule has 252 valence electrons. The smallest absolute Gasteiger partial charge is 0.240 e. The first-order valence-electron chi connectivity index (χ1n) is 16.6. The maximum absolute atomic E-state index is 14.3. The van der Waals surface area contributed by atoms with E-state index in [1.165, 1.54) is 4.90 Å². The number of Topliss-reactive ketones (excluding diaryl/α,β-unsaturated/α-hetero) is 1. The van der Waals surface area contributed by atoms with Crippen LogP contribution in [0, 0.1) is 0 Å². The molecule has 1 aromatic heterocycles. The molecule has 0 saturated carbocycles. The molecule has 4 aromatic carbocycles. The van der Waals surface area contributed by atoms with E-state index in [1.807, 2.05) is 115 Å². The van der Waals surface area contributed by atoms with Crippen molar-refractivity contribution in [2.24, 2.45) is 0 Å². The first-order chi connectivity index (χ1) is 23.9. The maximum Gasteiger partial charge on any atom is 0.240 e. The Kier molecular flexibility index (Phi) is 12.9. The molecular formula is C40H43N5O4. The minimum Gasteiger partial charge on any atom is -0.489 e. The summed E-state index contributed by atoms with van der Waals surface area (Å²) in [6.07, 6.45) is 3.78. The molecule has 2 atom stereocenters. The van der Waals surface area contributed by atoms with Crippen LogP contribution in [-0.2, 0) is 40.4 Å². The number of carbonyl (C=O) groups excluding carboxylic acids is 3. The van der Waals surface area contributed by atoms with Crippen molar-refractivity contribution in [3.8, 4) is 5.75 Å². The second kappa shape index (κ2) is 18.1. The quantitative estimate of drug-likeness (QED) is 0.119. The molecule has 3 N–H and O–H groups in total. The molecule has 0 bridgehead atoms. The number of nitrogens with zero attached hydrogens (tertiary/aromatic N) is 2. The first-order valence-corrected chi connectivity index (χ1v) is 16.6. The highest BCUT2D eigenvalue weighted by Gasteiger charge is 2.28. The molecule has 5 aromatic rings. The van der Waals surface area contributed by atoms with Crippen molar-refractivity contribution in [2.75, 3.05) is 19.6 Å². The van der Waals surface area contributed by atoms with Gasteiger partial charge in [0.25, 0.3) is 0 Å². The number of nitrogens with one attached hydrogen (secondary N) is 3. The molecule has 1 unspecified atom stereocenters. The van der Waals surface area contributed by atoms with Crippen LogP contribution in [0.25, 0.3) is 0 Å². The zero-order valence-electron chi connectivity index (χ0n) is 27.8. The molecule has 9 heteroatoms. The standard InChI is InChI=1S/C40H43N5O4/c1-30(34-15-9-4-10-16-34)23-43-39(47)27-45(26-32-17-19-37(20-18-32)49-28-33-13-7-3-8-14-33)40(48)38(22-35-24-41-29-44-35)42-25-36(46)21-31-11-5-2-6-12-31/h2-20,24,29-30,38,42H,21-23,25-28H2,1H3,(H,41,44)(H,43,47)/t30?,38-/m0/s1. The number of H-pyrrole nitrogens is 1. The van der Waals surface area contributed by atoms with E-state index in [2.05, 4.69) is 27.5 Å². The summed E-state index contributed by atoms with van der Waals surface area (Å²) in [6, 6.07) is 36.1. The molecule has 0 aliphatic rings. The van der Waals surface area contributed by atoms with Gasteiger partial charge < -0.3 is 19.9 Å². The van der Waals surface area contributed by atoms with E-state index in [-0.39, 0.29) is 56.0 Å². The van der Waals surface area contributed by atoms with Gasteiger partial charge in [0.15, 0.2) is 5.78 Å². The van der Waals surface area contributed by atoms with Gasteiger partial charge in [-0.3, -0.25) is 19.7 Å². The molecule has 0 radical (unpaired) electrons. The van der Waals surface area contributed by atoms with E-state index in [9.17, 15) is 14.4 Å². The largest absolute Gasteiger partial charge is 0.489 e. The van der Waals surface area contributed by atoms with E-state index in [0.29, 0.717) is 24.6 Å². The Labute approximate surface area is 287 Å². The monoisotopic (exact) mass is 657 g/mol. The number of rotatable bonds is 18. The summed E-state index contributed by atoms with van der Waals surface area (Å²) >= 11 is 0. The third-order valence-corrected chi connectivity index (χ3v) is 8.22. The fourth-order valence-corrected chi connectivity index (χ4v) is 5.46. The lowest BCUT2D eigenvalue weighted by atomic mass is 10.0. The van der Waals surface area contributed by atoms with Gasteiger partial charge in [0.05, 0.1) is 31.2 Å². The number of ketones is 1. The molecule has 0 aliphatic heterocycles. The summed E-state index contributed by atoms with van der Waals surface area (Å²) in [5.41, 5.74) is 4.60. The average Bonchev–Trinajstić information content (AvgIpc) is 3.66. The fraction of sp³-hybridized carbons (Fsp3) is 0.250. The van der Waals surface area contributed by atoms with E-state index in [4.69, 9.17) is 4.74 Å². The summed E-state index contributed by atoms with van der Waals surface area (Å²) in [6.45, 7) is 2.96. The van der Waals surface area contributed by atoms with E-state index < -0.39 is 6.04 Å². The van der Waals surface area contributed by atoms with Crippen LogP contribution >= 0.6 is 0 Å². The van der Waals surface area contributed by atoms with Crippen LogP contribution in [0.15, 0.2) is 128 Å². The minimum atomic E-state index is -0.785. The highest BCUT2D eigenvalue weighted by atomic mass is 16.5. The van der Waals surface area contributed by atoms with Crippen molar-refractivity contribution in [1.82, 2.24) is 25.5 Å². The molecule has 2 amide bonds. The lowest BCUT2D eigenvalue weighted by Gasteiger charge is -2.28. The number of aromatic nitrogens is 2. The topological polar surface area (TPSA) is 116 Å². The van der Waals surface area contributed by atoms with Gasteiger partial charge in [-0.15, -0.1) is 0 Å². The van der Waals surface area contributed by atoms with Crippen LogP contribution in [0.3, 0.4) is 0 Å². The van der Waals surface area contributed by atoms with Gasteiger partial charge in [0, 0.05) is 32.1 Å². The predicted molar refractivity (Wildman–Crippen MR) is 190 cm³/mol. The van der Waals surface area contributed by atoms with E-state index in [1.54, 1.807) is 12.5 Å². The lowest BCUT2D eigenvalue weighted by Crippen LogP contribution is -2.51. The maximum atomic E-state index is 14.3. The average molecular weight is 658 g/mol. The molecule has 0 saturated heterocycles. The summed E-state index contributed by atoms with van der Waals surface area (Å²) < 4.78 is 5.95. The van der Waals surface area contributed by atoms with Gasteiger partial charge in [-0.25, -0.2) is 4.98 Å². The first kappa shape index (κ1) is 34.8. The molecule has 49 heavy (non-hydrogen) atoms. The van der Waals surface area contributed by atoms with Crippen LogP contribution in [0.2, 0.25) is 0 Å². The van der Waals surface area contributed by atoms with Crippen molar-refractivity contribution < 1.29 is 19.1 Å². The summed E-state index contributed by atoms with van der Waals surface area (Å²) in [7, 11) is 0. The fourth-order valence-electron chi connectivity index (χ4n) is 5.46. The second-order valence-electron chi connectivity index (χ2n) is 12.1. The molecule has 0 aliphatic carbocycles. The Morgan fingerprint density at radius 2 is 1.47 bits per heavy atom. The van der Waals surface area contributed by atoms with Crippen molar-refractivity contribution in [2.45, 2.75) is 44.9 Å². The predicted octanol–water partition coefficient (Wildman–Crippen LogP) is 5.25. The normalized spacial score (nSPS) is 12.1. The lowest BCUT2D eigenvalue weighted by molar-refractivity contribution is -0.138. The number of aromatic amines is 1. The Balaban J connectivity index is 1.29. The highest BCUT2D eigenvalue weighted by Crippen LogP contribution is 2.17. The number of hydrogen-bond donors (Lipinski definition) is 3. The zero-order chi connectivity index (χ0) is 34.3. The van der Waals surface area contributed by atoms with E-state index >= 15 is 0 Å². The molecule has 1 heterocycles. The second-order valence-corrected chi connectivity index (χ2v) is 12.1. The number of imidazole rings is 1. The van der Waals surface area contributed by atoms with Crippen LogP contribution in [0.5, 0.6) is 5.75 Å². The van der Waals surface area contributed by atoms with Crippen molar-refractivity contribution in [3.05, 3.63) is 156 Å². The molecule has 0 fully saturated rings. The number of benzene rings is 4. The molecule has 9 nitrogen and oxygen atoms in total. The number of carbonyl (C=O) groups is 3. The van der Waals surface area contributed by atoms with E-state index in [0.717, 1.165) is 22.3 Å². The van der Waals surface area contributed by atoms with Crippen molar-refractivity contribution in [3.63, 3.8) is 0 Å². The molecule has 5 rings (SSSR count). The van der Waals surface area contributed by atoms with Crippen LogP contribution < -0.4 is 15.4 Å². The van der Waals surface area contributed by atoms with Gasteiger partial charge in [-0.05, 0) is 40.3 Å².